The number of hydrogen-bond donors (Lipinski definition) is 1. The summed E-state index contributed by atoms with van der Waals surface area (Å²) in [7, 11) is 0. The zero-order valence-electron chi connectivity index (χ0n) is 14.4. The molecule has 0 bridgehead atoms. The van der Waals surface area contributed by atoms with Crippen molar-refractivity contribution < 1.29 is 9.18 Å². The van der Waals surface area contributed by atoms with Crippen molar-refractivity contribution in [2.75, 3.05) is 5.32 Å². The molecule has 2 heterocycles. The third kappa shape index (κ3) is 3.37. The second-order valence-corrected chi connectivity index (χ2v) is 5.98. The molecular formula is C19H15FN6O. The van der Waals surface area contributed by atoms with Gasteiger partial charge in [0.25, 0.3) is 5.91 Å². The van der Waals surface area contributed by atoms with E-state index in [4.69, 9.17) is 0 Å². The van der Waals surface area contributed by atoms with Crippen LogP contribution in [0.1, 0.15) is 13.0 Å². The predicted molar refractivity (Wildman–Crippen MR) is 98.3 cm³/mol. The van der Waals surface area contributed by atoms with Gasteiger partial charge in [0.1, 0.15) is 11.9 Å². The van der Waals surface area contributed by atoms with Crippen molar-refractivity contribution in [3.63, 3.8) is 0 Å². The van der Waals surface area contributed by atoms with Crippen LogP contribution < -0.4 is 5.32 Å². The summed E-state index contributed by atoms with van der Waals surface area (Å²) in [4.78, 5) is 18.1. The summed E-state index contributed by atoms with van der Waals surface area (Å²) in [6.45, 7) is 1.66. The molecule has 1 N–H and O–H groups in total. The number of halogens is 1. The van der Waals surface area contributed by atoms with Gasteiger partial charge in [-0.25, -0.2) is 4.39 Å². The molecule has 1 amide bonds. The lowest BCUT2D eigenvalue weighted by molar-refractivity contribution is -0.119. The molecule has 1 unspecified atom stereocenters. The van der Waals surface area contributed by atoms with Crippen LogP contribution in [-0.4, -0.2) is 31.1 Å². The van der Waals surface area contributed by atoms with Crippen molar-refractivity contribution in [3.05, 3.63) is 66.6 Å². The Morgan fingerprint density at radius 2 is 2.00 bits per heavy atom. The number of tetrazole rings is 1. The molecule has 2 aromatic carbocycles. The summed E-state index contributed by atoms with van der Waals surface area (Å²) in [6, 6.07) is 14.4. The lowest BCUT2D eigenvalue weighted by Crippen LogP contribution is -2.25. The van der Waals surface area contributed by atoms with Crippen LogP contribution in [0.4, 0.5) is 10.1 Å². The second kappa shape index (κ2) is 6.91. The van der Waals surface area contributed by atoms with Gasteiger partial charge in [-0.15, -0.1) is 10.2 Å². The van der Waals surface area contributed by atoms with Crippen molar-refractivity contribution in [1.82, 2.24) is 25.2 Å². The SMILES string of the molecule is CC(C(=O)Nc1cccc2ncccc12)n1nnc(-c2cccc(F)c2)n1. The van der Waals surface area contributed by atoms with Gasteiger partial charge in [-0.3, -0.25) is 9.78 Å². The average molecular weight is 362 g/mol. The molecule has 134 valence electrons. The highest BCUT2D eigenvalue weighted by atomic mass is 19.1. The fourth-order valence-electron chi connectivity index (χ4n) is 2.69. The highest BCUT2D eigenvalue weighted by molar-refractivity contribution is 6.02. The van der Waals surface area contributed by atoms with Gasteiger partial charge in [-0.1, -0.05) is 18.2 Å². The first kappa shape index (κ1) is 16.8. The number of carbonyl (C=O) groups excluding carboxylic acids is 1. The Morgan fingerprint density at radius 1 is 1.15 bits per heavy atom. The Balaban J connectivity index is 1.56. The minimum absolute atomic E-state index is 0.253. The molecule has 4 rings (SSSR count). The number of nitrogens with one attached hydrogen (secondary N) is 1. The van der Waals surface area contributed by atoms with Crippen LogP contribution >= 0.6 is 0 Å². The maximum absolute atomic E-state index is 13.4. The summed E-state index contributed by atoms with van der Waals surface area (Å²) >= 11 is 0. The number of amides is 1. The summed E-state index contributed by atoms with van der Waals surface area (Å²) in [6.07, 6.45) is 1.70. The number of anilines is 1. The van der Waals surface area contributed by atoms with E-state index < -0.39 is 6.04 Å². The van der Waals surface area contributed by atoms with Gasteiger partial charge in [-0.05, 0) is 48.5 Å². The van der Waals surface area contributed by atoms with Gasteiger partial charge in [0, 0.05) is 17.1 Å². The molecular weight excluding hydrogens is 347 g/mol. The van der Waals surface area contributed by atoms with E-state index in [2.05, 4.69) is 25.7 Å². The Labute approximate surface area is 153 Å². The standard InChI is InChI=1S/C19H15FN6O/c1-12(26-24-18(23-25-26)13-5-2-6-14(20)11-13)19(27)22-17-9-3-8-16-15(17)7-4-10-21-16/h2-12H,1H3,(H,22,27). The number of hydrogen-bond acceptors (Lipinski definition) is 5. The van der Waals surface area contributed by atoms with Gasteiger partial charge in [0.15, 0.2) is 0 Å². The Kier molecular flexibility index (Phi) is 4.29. The van der Waals surface area contributed by atoms with Crippen LogP contribution in [0.3, 0.4) is 0 Å². The van der Waals surface area contributed by atoms with E-state index in [9.17, 15) is 9.18 Å². The topological polar surface area (TPSA) is 85.6 Å². The molecule has 8 heteroatoms. The minimum Gasteiger partial charge on any atom is -0.324 e. The first-order chi connectivity index (χ1) is 13.1. The minimum atomic E-state index is -0.702. The molecule has 0 saturated heterocycles. The Hall–Kier alpha value is -3.68. The van der Waals surface area contributed by atoms with Crippen LogP contribution in [0.2, 0.25) is 0 Å². The van der Waals surface area contributed by atoms with E-state index in [1.54, 1.807) is 25.3 Å². The smallest absolute Gasteiger partial charge is 0.250 e. The number of pyridine rings is 1. The van der Waals surface area contributed by atoms with E-state index in [-0.39, 0.29) is 17.5 Å². The molecule has 0 aliphatic carbocycles. The Bertz CT molecular complexity index is 1120. The highest BCUT2D eigenvalue weighted by Gasteiger charge is 2.19. The highest BCUT2D eigenvalue weighted by Crippen LogP contribution is 2.22. The zero-order valence-corrected chi connectivity index (χ0v) is 14.4. The van der Waals surface area contributed by atoms with E-state index in [1.165, 1.54) is 16.9 Å². The lowest BCUT2D eigenvalue weighted by atomic mass is 10.1. The van der Waals surface area contributed by atoms with Crippen molar-refractivity contribution >= 4 is 22.5 Å². The van der Waals surface area contributed by atoms with E-state index in [0.717, 1.165) is 10.9 Å². The number of benzene rings is 2. The van der Waals surface area contributed by atoms with Crippen molar-refractivity contribution in [1.29, 1.82) is 0 Å². The number of rotatable bonds is 4. The molecule has 0 fully saturated rings. The van der Waals surface area contributed by atoms with Gasteiger partial charge in [-0.2, -0.15) is 4.80 Å². The number of nitrogens with zero attached hydrogens (tertiary/aromatic N) is 5. The second-order valence-electron chi connectivity index (χ2n) is 5.98. The summed E-state index contributed by atoms with van der Waals surface area (Å²) in [5, 5.41) is 15.8. The molecule has 27 heavy (non-hydrogen) atoms. The summed E-state index contributed by atoms with van der Waals surface area (Å²) in [5.74, 6) is -0.433. The summed E-state index contributed by atoms with van der Waals surface area (Å²) < 4.78 is 13.4. The fourth-order valence-corrected chi connectivity index (χ4v) is 2.69. The predicted octanol–water partition coefficient (Wildman–Crippen LogP) is 3.23. The third-order valence-electron chi connectivity index (χ3n) is 4.14. The summed E-state index contributed by atoms with van der Waals surface area (Å²) in [5.41, 5.74) is 1.94. The van der Waals surface area contributed by atoms with Crippen LogP contribution in [0.15, 0.2) is 60.8 Å². The fraction of sp³-hybridized carbons (Fsp3) is 0.105. The molecule has 0 radical (unpaired) electrons. The molecule has 0 aliphatic rings. The molecule has 1 atom stereocenters. The maximum atomic E-state index is 13.4. The zero-order chi connectivity index (χ0) is 18.8. The maximum Gasteiger partial charge on any atom is 0.250 e. The molecule has 7 nitrogen and oxygen atoms in total. The Morgan fingerprint density at radius 3 is 2.85 bits per heavy atom. The molecule has 4 aromatic rings. The normalized spacial score (nSPS) is 12.1. The number of aromatic nitrogens is 5. The van der Waals surface area contributed by atoms with Crippen molar-refractivity contribution in [2.24, 2.45) is 0 Å². The van der Waals surface area contributed by atoms with E-state index in [1.807, 2.05) is 30.3 Å². The van der Waals surface area contributed by atoms with Crippen LogP contribution in [0, 0.1) is 5.82 Å². The number of fused-ring (bicyclic) bond motifs is 1. The molecule has 0 aliphatic heterocycles. The van der Waals surface area contributed by atoms with E-state index in [0.29, 0.717) is 11.3 Å². The van der Waals surface area contributed by atoms with Crippen LogP contribution in [0.25, 0.3) is 22.3 Å². The molecule has 0 spiro atoms. The molecule has 2 aromatic heterocycles. The van der Waals surface area contributed by atoms with Crippen LogP contribution in [-0.2, 0) is 4.79 Å². The van der Waals surface area contributed by atoms with E-state index >= 15 is 0 Å². The quantitative estimate of drug-likeness (QED) is 0.602. The largest absolute Gasteiger partial charge is 0.324 e. The van der Waals surface area contributed by atoms with Crippen molar-refractivity contribution in [2.45, 2.75) is 13.0 Å². The first-order valence-electron chi connectivity index (χ1n) is 8.32. The van der Waals surface area contributed by atoms with Crippen molar-refractivity contribution in [3.8, 4) is 11.4 Å². The van der Waals surface area contributed by atoms with Crippen LogP contribution in [0.5, 0.6) is 0 Å². The third-order valence-corrected chi connectivity index (χ3v) is 4.14. The van der Waals surface area contributed by atoms with Gasteiger partial charge in [0.2, 0.25) is 5.82 Å². The lowest BCUT2D eigenvalue weighted by Gasteiger charge is -2.12. The van der Waals surface area contributed by atoms with Gasteiger partial charge >= 0.3 is 0 Å². The molecule has 0 saturated carbocycles. The van der Waals surface area contributed by atoms with Gasteiger partial charge in [0.05, 0.1) is 11.2 Å². The number of carbonyl (C=O) groups is 1. The average Bonchev–Trinajstić information content (AvgIpc) is 3.18. The van der Waals surface area contributed by atoms with Gasteiger partial charge < -0.3 is 5.32 Å². The first-order valence-corrected chi connectivity index (χ1v) is 8.32. The monoisotopic (exact) mass is 362 g/mol.